The van der Waals surface area contributed by atoms with Crippen molar-refractivity contribution in [2.24, 2.45) is 5.41 Å². The number of carbonyl (C=O) groups excluding carboxylic acids is 3. The predicted octanol–water partition coefficient (Wildman–Crippen LogP) is 0.156. The van der Waals surface area contributed by atoms with Gasteiger partial charge in [-0.2, -0.15) is 6.41 Å². The van der Waals surface area contributed by atoms with Gasteiger partial charge in [0.05, 0.1) is 11.9 Å². The van der Waals surface area contributed by atoms with Crippen LogP contribution in [0.4, 0.5) is 0 Å². The fourth-order valence-corrected chi connectivity index (χ4v) is 3.08. The number of hydrogen-bond acceptors (Lipinski definition) is 4. The van der Waals surface area contributed by atoms with Gasteiger partial charge < -0.3 is 27.8 Å². The summed E-state index contributed by atoms with van der Waals surface area (Å²) >= 11 is 1.53. The van der Waals surface area contributed by atoms with E-state index in [0.717, 1.165) is 0 Å². The molecule has 118 valence electrons. The average Bonchev–Trinajstić information content (AvgIpc) is 2.81. The Morgan fingerprint density at radius 3 is 2.38 bits per heavy atom. The fraction of sp³-hybridized carbons (Fsp3) is 0.692. The third-order valence-corrected chi connectivity index (χ3v) is 4.04. The molecule has 0 aromatic rings. The Kier molecular flexibility index (Phi) is 10.7. The summed E-state index contributed by atoms with van der Waals surface area (Å²) in [6.07, 6.45) is 1.58. The molecule has 0 spiro atoms. The molecule has 0 saturated carbocycles. The summed E-state index contributed by atoms with van der Waals surface area (Å²) in [6.45, 7) is 5.58. The number of rotatable bonds is 4. The maximum absolute atomic E-state index is 12.5. The molecule has 1 aliphatic rings. The van der Waals surface area contributed by atoms with E-state index in [-0.39, 0.29) is 50.4 Å². The number of hydrogen-bond donors (Lipinski definition) is 2. The molecule has 0 aromatic carbocycles. The molecule has 0 aromatic heterocycles. The topological polar surface area (TPSA) is 78.5 Å². The van der Waals surface area contributed by atoms with Gasteiger partial charge in [0, 0.05) is 12.8 Å². The quantitative estimate of drug-likeness (QED) is 0.394. The number of nitrogens with zero attached hydrogens (tertiary/aromatic N) is 1. The van der Waals surface area contributed by atoms with Gasteiger partial charge in [-0.25, -0.2) is 0 Å². The van der Waals surface area contributed by atoms with E-state index in [2.05, 4.69) is 10.6 Å². The smallest absolute Gasteiger partial charge is 0.520 e. The molecule has 8 heteroatoms. The second-order valence-electron chi connectivity index (χ2n) is 5.48. The van der Waals surface area contributed by atoms with Crippen LogP contribution in [0.25, 0.3) is 0 Å². The standard InChI is InChI=1S/C12H20N3O3S.CH3.U/c1-12(2,3)9(14-6-16)11(18)15-7-19-5-8(15)10(17)13-4;;/h8-9H,5,7H2,1-4H3,(H,13,17)(H,14,16);1H3;/q2*-1;+2. The van der Waals surface area contributed by atoms with Crippen LogP contribution in [0.2, 0.25) is 0 Å². The van der Waals surface area contributed by atoms with Crippen LogP contribution in [-0.2, 0) is 14.4 Å². The number of thioether (sulfide) groups is 1. The Balaban J connectivity index is 0. The van der Waals surface area contributed by atoms with Gasteiger partial charge in [-0.3, -0.25) is 9.59 Å². The fourth-order valence-electron chi connectivity index (χ4n) is 1.92. The predicted molar refractivity (Wildman–Crippen MR) is 80.5 cm³/mol. The van der Waals surface area contributed by atoms with E-state index < -0.39 is 17.5 Å². The van der Waals surface area contributed by atoms with Crippen LogP contribution in [0.15, 0.2) is 0 Å². The van der Waals surface area contributed by atoms with E-state index in [1.807, 2.05) is 20.8 Å². The first-order valence-electron chi connectivity index (χ1n) is 6.05. The van der Waals surface area contributed by atoms with Gasteiger partial charge in [0.15, 0.2) is 0 Å². The van der Waals surface area contributed by atoms with Crippen LogP contribution in [0.1, 0.15) is 20.8 Å². The third-order valence-electron chi connectivity index (χ3n) is 3.03. The molecule has 1 heterocycles. The van der Waals surface area contributed by atoms with Crippen LogP contribution < -0.4 is 10.6 Å². The van der Waals surface area contributed by atoms with Gasteiger partial charge in [0.2, 0.25) is 11.8 Å². The summed E-state index contributed by atoms with van der Waals surface area (Å²) in [5.74, 6) is 0.618. The van der Waals surface area contributed by atoms with Crippen molar-refractivity contribution in [1.82, 2.24) is 15.5 Å². The van der Waals surface area contributed by atoms with Crippen LogP contribution in [0, 0.1) is 44.0 Å². The first-order valence-corrected chi connectivity index (χ1v) is 7.21. The summed E-state index contributed by atoms with van der Waals surface area (Å²) in [4.78, 5) is 36.3. The first-order chi connectivity index (χ1) is 8.82. The monoisotopic (exact) mass is 539 g/mol. The van der Waals surface area contributed by atoms with E-state index in [9.17, 15) is 14.4 Å². The first kappa shape index (κ1) is 23.1. The van der Waals surface area contributed by atoms with Crippen molar-refractivity contribution >= 4 is 30.0 Å². The van der Waals surface area contributed by atoms with Crippen LogP contribution in [0.3, 0.4) is 0 Å². The summed E-state index contributed by atoms with van der Waals surface area (Å²) in [7, 11) is 1.55. The molecule has 1 rings (SSSR count). The SMILES string of the molecule is CNC(=O)C1CSCN1C(=O)C(N[C-]=O)C(C)(C)C.[CH3-].[U+2]. The van der Waals surface area contributed by atoms with Gasteiger partial charge in [0.25, 0.3) is 0 Å². The normalized spacial score (nSPS) is 18.9. The second kappa shape index (κ2) is 9.75. The van der Waals surface area contributed by atoms with E-state index in [1.54, 1.807) is 13.5 Å². The van der Waals surface area contributed by atoms with Gasteiger partial charge in [-0.15, -0.1) is 11.8 Å². The van der Waals surface area contributed by atoms with Crippen molar-refractivity contribution in [1.29, 1.82) is 0 Å². The largest absolute Gasteiger partial charge is 2.00 e. The Bertz CT molecular complexity index is 374. The molecule has 6 nitrogen and oxygen atoms in total. The summed E-state index contributed by atoms with van der Waals surface area (Å²) in [6, 6.07) is -1.16. The third kappa shape index (κ3) is 5.84. The molecule has 2 N–H and O–H groups in total. The Hall–Kier alpha value is -0.188. The van der Waals surface area contributed by atoms with Crippen LogP contribution >= 0.6 is 11.8 Å². The summed E-state index contributed by atoms with van der Waals surface area (Å²) < 4.78 is 0. The van der Waals surface area contributed by atoms with Crippen molar-refractivity contribution in [3.63, 3.8) is 0 Å². The van der Waals surface area contributed by atoms with Crippen molar-refractivity contribution in [2.75, 3.05) is 18.7 Å². The number of likely N-dealkylation sites (N-methyl/N-ethyl adjacent to an activating group) is 1. The number of carbonyl (C=O) groups is 2. The molecule has 0 radical (unpaired) electrons. The number of amides is 3. The van der Waals surface area contributed by atoms with E-state index in [0.29, 0.717) is 11.6 Å². The van der Waals surface area contributed by atoms with Crippen LogP contribution in [0.5, 0.6) is 0 Å². The van der Waals surface area contributed by atoms with Crippen LogP contribution in [-0.4, -0.2) is 53.9 Å². The van der Waals surface area contributed by atoms with Crippen molar-refractivity contribution in [3.8, 4) is 0 Å². The minimum Gasteiger partial charge on any atom is -0.520 e. The maximum Gasteiger partial charge on any atom is 2.00 e. The molecule has 1 aliphatic heterocycles. The van der Waals surface area contributed by atoms with E-state index >= 15 is 0 Å². The summed E-state index contributed by atoms with van der Waals surface area (Å²) in [5, 5.41) is 5.00. The average molecular weight is 539 g/mol. The zero-order valence-electron chi connectivity index (χ0n) is 13.1. The number of nitrogens with one attached hydrogen (secondary N) is 2. The second-order valence-corrected chi connectivity index (χ2v) is 6.48. The molecule has 2 unspecified atom stereocenters. The molecule has 2 atom stereocenters. The Morgan fingerprint density at radius 2 is 1.95 bits per heavy atom. The minimum absolute atomic E-state index is 0. The molecule has 21 heavy (non-hydrogen) atoms. The molecule has 1 fully saturated rings. The van der Waals surface area contributed by atoms with Gasteiger partial charge in [-0.05, 0) is 5.41 Å². The van der Waals surface area contributed by atoms with Crippen molar-refractivity contribution in [2.45, 2.75) is 32.9 Å². The molecule has 0 aliphatic carbocycles. The van der Waals surface area contributed by atoms with Crippen molar-refractivity contribution < 1.29 is 45.5 Å². The van der Waals surface area contributed by atoms with Gasteiger partial charge in [-0.1, -0.05) is 20.8 Å². The Morgan fingerprint density at radius 1 is 1.38 bits per heavy atom. The van der Waals surface area contributed by atoms with Crippen molar-refractivity contribution in [3.05, 3.63) is 7.43 Å². The zero-order chi connectivity index (χ0) is 14.6. The molecular formula is C13H23N3O3SU. The van der Waals surface area contributed by atoms with Gasteiger partial charge >= 0.3 is 31.1 Å². The van der Waals surface area contributed by atoms with E-state index in [1.165, 1.54) is 16.7 Å². The van der Waals surface area contributed by atoms with Gasteiger partial charge in [0.1, 0.15) is 6.04 Å². The molecule has 1 saturated heterocycles. The minimum atomic E-state index is -0.684. The summed E-state index contributed by atoms with van der Waals surface area (Å²) in [5.41, 5.74) is -0.436. The maximum atomic E-state index is 12.5. The van der Waals surface area contributed by atoms with E-state index in [4.69, 9.17) is 0 Å². The molecule has 0 bridgehead atoms. The zero-order valence-corrected chi connectivity index (χ0v) is 18.1. The Labute approximate surface area is 154 Å². The molecular weight excluding hydrogens is 516 g/mol. The molecule has 3 amide bonds.